The molecule has 0 spiro atoms. The number of aryl methyl sites for hydroxylation is 1. The van der Waals surface area contributed by atoms with Crippen molar-refractivity contribution in [3.8, 4) is 0 Å². The van der Waals surface area contributed by atoms with E-state index in [2.05, 4.69) is 10.4 Å². The molecule has 0 aliphatic carbocycles. The normalized spacial score (nSPS) is 15.8. The molecule has 1 atom stereocenters. The maximum atomic E-state index is 13.3. The van der Waals surface area contributed by atoms with E-state index in [1.54, 1.807) is 23.4 Å². The topological polar surface area (TPSA) is 93.5 Å². The summed E-state index contributed by atoms with van der Waals surface area (Å²) in [5.41, 5.74) is 2.41. The lowest BCUT2D eigenvalue weighted by Gasteiger charge is -2.33. The highest BCUT2D eigenvalue weighted by atomic mass is 16.3. The molecule has 1 N–H and O–H groups in total. The average molecular weight is 418 g/mol. The number of amides is 2. The van der Waals surface area contributed by atoms with Crippen LogP contribution in [0.5, 0.6) is 0 Å². The Balaban J connectivity index is 1.34. The van der Waals surface area contributed by atoms with Gasteiger partial charge in [-0.3, -0.25) is 14.3 Å². The lowest BCUT2D eigenvalue weighted by Crippen LogP contribution is -2.43. The molecule has 0 radical (unpaired) electrons. The monoisotopic (exact) mass is 418 g/mol. The van der Waals surface area contributed by atoms with E-state index in [-0.39, 0.29) is 24.3 Å². The molecule has 31 heavy (non-hydrogen) atoms. The highest BCUT2D eigenvalue weighted by Crippen LogP contribution is 2.29. The van der Waals surface area contributed by atoms with Gasteiger partial charge in [0.25, 0.3) is 5.91 Å². The second kappa shape index (κ2) is 7.79. The van der Waals surface area contributed by atoms with Gasteiger partial charge in [-0.05, 0) is 31.2 Å². The first-order chi connectivity index (χ1) is 15.1. The molecule has 2 amide bonds. The van der Waals surface area contributed by atoms with Crippen LogP contribution in [0, 0.1) is 6.92 Å². The van der Waals surface area contributed by atoms with E-state index in [9.17, 15) is 9.59 Å². The summed E-state index contributed by atoms with van der Waals surface area (Å²) in [6.45, 7) is 3.01. The zero-order valence-electron chi connectivity index (χ0n) is 17.1. The first-order valence-corrected chi connectivity index (χ1v) is 10.2. The largest absolute Gasteiger partial charge is 0.467 e. The number of nitrogens with zero attached hydrogens (tertiary/aromatic N) is 3. The number of carbonyl (C=O) groups excluding carboxylic acids is 2. The fourth-order valence-electron chi connectivity index (χ4n) is 4.10. The number of aromatic nitrogens is 2. The van der Waals surface area contributed by atoms with Gasteiger partial charge >= 0.3 is 0 Å². The maximum absolute atomic E-state index is 13.3. The van der Waals surface area contributed by atoms with Crippen LogP contribution >= 0.6 is 0 Å². The molecular formula is C23H22N4O4. The molecule has 1 aliphatic rings. The predicted octanol–water partition coefficient (Wildman–Crippen LogP) is 3.43. The van der Waals surface area contributed by atoms with Gasteiger partial charge in [0.05, 0.1) is 37.5 Å². The van der Waals surface area contributed by atoms with Crippen LogP contribution in [0.25, 0.3) is 11.0 Å². The molecule has 0 bridgehead atoms. The zero-order chi connectivity index (χ0) is 21.4. The van der Waals surface area contributed by atoms with Crippen LogP contribution in [0.4, 0.5) is 0 Å². The van der Waals surface area contributed by atoms with Crippen LogP contribution in [0.1, 0.15) is 40.0 Å². The minimum absolute atomic E-state index is 0.128. The molecule has 0 saturated heterocycles. The van der Waals surface area contributed by atoms with Crippen molar-refractivity contribution in [2.75, 3.05) is 6.54 Å². The highest BCUT2D eigenvalue weighted by molar-refractivity contribution is 5.99. The van der Waals surface area contributed by atoms with Crippen molar-refractivity contribution < 1.29 is 18.4 Å². The minimum Gasteiger partial charge on any atom is -0.467 e. The first kappa shape index (κ1) is 19.2. The summed E-state index contributed by atoms with van der Waals surface area (Å²) in [6.07, 6.45) is 3.48. The quantitative estimate of drug-likeness (QED) is 0.536. The maximum Gasteiger partial charge on any atom is 0.290 e. The second-order valence-corrected chi connectivity index (χ2v) is 7.72. The van der Waals surface area contributed by atoms with Gasteiger partial charge in [-0.15, -0.1) is 0 Å². The van der Waals surface area contributed by atoms with Crippen molar-refractivity contribution >= 4 is 22.8 Å². The molecule has 8 nitrogen and oxygen atoms in total. The van der Waals surface area contributed by atoms with Crippen molar-refractivity contribution in [3.63, 3.8) is 0 Å². The first-order valence-electron chi connectivity index (χ1n) is 10.2. The summed E-state index contributed by atoms with van der Waals surface area (Å²) in [4.78, 5) is 27.6. The van der Waals surface area contributed by atoms with Gasteiger partial charge in [0.2, 0.25) is 5.91 Å². The highest BCUT2D eigenvalue weighted by Gasteiger charge is 2.32. The smallest absolute Gasteiger partial charge is 0.290 e. The minimum atomic E-state index is -0.260. The second-order valence-electron chi connectivity index (χ2n) is 7.72. The van der Waals surface area contributed by atoms with Gasteiger partial charge in [-0.25, -0.2) is 0 Å². The molecule has 0 saturated carbocycles. The molecular weight excluding hydrogens is 396 g/mol. The molecule has 1 aromatic carbocycles. The third-order valence-corrected chi connectivity index (χ3v) is 5.67. The summed E-state index contributed by atoms with van der Waals surface area (Å²) in [5, 5.41) is 8.17. The van der Waals surface area contributed by atoms with Crippen LogP contribution in [-0.2, 0) is 17.9 Å². The number of fused-ring (bicyclic) bond motifs is 2. The Hall–Kier alpha value is -3.81. The molecule has 0 fully saturated rings. The van der Waals surface area contributed by atoms with Crippen LogP contribution in [0.2, 0.25) is 0 Å². The molecule has 158 valence electrons. The molecule has 1 aliphatic heterocycles. The molecule has 3 aromatic heterocycles. The number of furan rings is 2. The Bertz CT molecular complexity index is 1240. The fraction of sp³-hybridized carbons (Fsp3) is 0.261. The Morgan fingerprint density at radius 3 is 2.87 bits per heavy atom. The number of rotatable bonds is 5. The summed E-state index contributed by atoms with van der Waals surface area (Å²) in [5.74, 6) is 0.725. The van der Waals surface area contributed by atoms with Crippen LogP contribution in [-0.4, -0.2) is 33.0 Å². The van der Waals surface area contributed by atoms with E-state index >= 15 is 0 Å². The van der Waals surface area contributed by atoms with Crippen molar-refractivity contribution in [2.45, 2.75) is 32.5 Å². The predicted molar refractivity (Wildman–Crippen MR) is 112 cm³/mol. The third kappa shape index (κ3) is 3.61. The summed E-state index contributed by atoms with van der Waals surface area (Å²) >= 11 is 0. The van der Waals surface area contributed by atoms with Gasteiger partial charge < -0.3 is 19.1 Å². The van der Waals surface area contributed by atoms with E-state index in [4.69, 9.17) is 8.83 Å². The molecule has 1 unspecified atom stereocenters. The Morgan fingerprint density at radius 2 is 2.06 bits per heavy atom. The Labute approximate surface area is 178 Å². The number of para-hydroxylation sites is 1. The number of nitrogens with one attached hydrogen (secondary N) is 1. The number of benzene rings is 1. The Morgan fingerprint density at radius 1 is 1.19 bits per heavy atom. The van der Waals surface area contributed by atoms with E-state index in [1.807, 2.05) is 48.0 Å². The number of carbonyl (C=O) groups is 2. The van der Waals surface area contributed by atoms with Gasteiger partial charge in [0.1, 0.15) is 11.3 Å². The standard InChI is InChI=1S/C23H22N4O4/c1-15-19-6-2-3-7-20(19)31-22(15)23(29)26-13-16-8-9-25-27(16)17(14-26)11-21(28)24-12-18-5-4-10-30-18/h2-10,17H,11-14H2,1H3,(H,24,28). The van der Waals surface area contributed by atoms with E-state index in [1.165, 1.54) is 0 Å². The van der Waals surface area contributed by atoms with Gasteiger partial charge in [0, 0.05) is 23.7 Å². The average Bonchev–Trinajstić information content (AvgIpc) is 3.52. The summed E-state index contributed by atoms with van der Waals surface area (Å²) in [7, 11) is 0. The van der Waals surface area contributed by atoms with Crippen LogP contribution < -0.4 is 5.32 Å². The Kier molecular flexibility index (Phi) is 4.82. The van der Waals surface area contributed by atoms with E-state index < -0.39 is 0 Å². The van der Waals surface area contributed by atoms with Crippen molar-refractivity contribution in [1.29, 1.82) is 0 Å². The summed E-state index contributed by atoms with van der Waals surface area (Å²) < 4.78 is 13.0. The van der Waals surface area contributed by atoms with Crippen molar-refractivity contribution in [3.05, 3.63) is 77.7 Å². The third-order valence-electron chi connectivity index (χ3n) is 5.67. The SMILES string of the molecule is Cc1c(C(=O)N2Cc3ccnn3C(CC(=O)NCc3ccco3)C2)oc2ccccc12. The molecule has 8 heteroatoms. The lowest BCUT2D eigenvalue weighted by atomic mass is 10.1. The van der Waals surface area contributed by atoms with Gasteiger partial charge in [0.15, 0.2) is 5.76 Å². The number of hydrogen-bond acceptors (Lipinski definition) is 5. The van der Waals surface area contributed by atoms with E-state index in [0.717, 1.165) is 16.6 Å². The van der Waals surface area contributed by atoms with Gasteiger partial charge in [-0.1, -0.05) is 18.2 Å². The molecule has 4 aromatic rings. The van der Waals surface area contributed by atoms with Gasteiger partial charge in [-0.2, -0.15) is 5.10 Å². The summed E-state index contributed by atoms with van der Waals surface area (Å²) in [6, 6.07) is 12.8. The lowest BCUT2D eigenvalue weighted by molar-refractivity contribution is -0.122. The number of hydrogen-bond donors (Lipinski definition) is 1. The molecule has 5 rings (SSSR count). The van der Waals surface area contributed by atoms with E-state index in [0.29, 0.717) is 36.7 Å². The van der Waals surface area contributed by atoms with Crippen molar-refractivity contribution in [2.24, 2.45) is 0 Å². The molecule has 4 heterocycles. The van der Waals surface area contributed by atoms with Crippen molar-refractivity contribution in [1.82, 2.24) is 20.0 Å². The zero-order valence-corrected chi connectivity index (χ0v) is 17.1. The van der Waals surface area contributed by atoms with Crippen LogP contribution in [0.15, 0.2) is 63.8 Å². The van der Waals surface area contributed by atoms with Crippen LogP contribution in [0.3, 0.4) is 0 Å². The fourth-order valence-corrected chi connectivity index (χ4v) is 4.10.